The molecule has 1 N–H and O–H groups in total. The number of halogens is 1. The fourth-order valence-corrected chi connectivity index (χ4v) is 1.48. The molecular formula is C13H11FN4. The van der Waals surface area contributed by atoms with E-state index in [4.69, 9.17) is 5.26 Å². The van der Waals surface area contributed by atoms with Gasteiger partial charge in [0.25, 0.3) is 0 Å². The highest BCUT2D eigenvalue weighted by molar-refractivity contribution is 5.57. The Morgan fingerprint density at radius 2 is 2.17 bits per heavy atom. The van der Waals surface area contributed by atoms with Crippen LogP contribution in [0, 0.1) is 24.1 Å². The lowest BCUT2D eigenvalue weighted by atomic mass is 10.2. The van der Waals surface area contributed by atoms with Crippen LogP contribution in [-0.4, -0.2) is 9.97 Å². The van der Waals surface area contributed by atoms with E-state index in [0.29, 0.717) is 12.2 Å². The number of rotatable bonds is 3. The number of aromatic nitrogens is 2. The molecule has 4 nitrogen and oxygen atoms in total. The summed E-state index contributed by atoms with van der Waals surface area (Å²) >= 11 is 0. The van der Waals surface area contributed by atoms with Crippen LogP contribution in [0.3, 0.4) is 0 Å². The smallest absolute Gasteiger partial charge is 0.143 e. The van der Waals surface area contributed by atoms with E-state index in [0.717, 1.165) is 11.4 Å². The number of benzene rings is 1. The first-order valence-electron chi connectivity index (χ1n) is 5.40. The fraction of sp³-hybridized carbons (Fsp3) is 0.154. The van der Waals surface area contributed by atoms with E-state index in [1.165, 1.54) is 6.07 Å². The van der Waals surface area contributed by atoms with Crippen LogP contribution in [0.1, 0.15) is 17.0 Å². The summed E-state index contributed by atoms with van der Waals surface area (Å²) < 4.78 is 13.3. The molecule has 1 heterocycles. The maximum absolute atomic E-state index is 13.3. The normalized spacial score (nSPS) is 9.83. The standard InChI is InChI=1S/C13H11FN4/c1-9-6-17-10(7-16-9)8-18-13-4-2-3-12(14)11(13)5-15/h2-4,6-7,18H,8H2,1H3. The highest BCUT2D eigenvalue weighted by Gasteiger charge is 2.07. The van der Waals surface area contributed by atoms with Gasteiger partial charge >= 0.3 is 0 Å². The van der Waals surface area contributed by atoms with Crippen LogP contribution in [0.15, 0.2) is 30.6 Å². The third kappa shape index (κ3) is 2.61. The molecule has 5 heteroatoms. The predicted octanol–water partition coefficient (Wildman–Crippen LogP) is 2.41. The number of nitriles is 1. The van der Waals surface area contributed by atoms with E-state index in [1.54, 1.807) is 24.5 Å². The van der Waals surface area contributed by atoms with Crippen LogP contribution in [0.25, 0.3) is 0 Å². The molecule has 0 saturated carbocycles. The first kappa shape index (κ1) is 12.0. The average Bonchev–Trinajstić information content (AvgIpc) is 2.38. The first-order chi connectivity index (χ1) is 8.70. The van der Waals surface area contributed by atoms with Gasteiger partial charge < -0.3 is 5.32 Å². The second kappa shape index (κ2) is 5.23. The van der Waals surface area contributed by atoms with Gasteiger partial charge in [0, 0.05) is 6.20 Å². The predicted molar refractivity (Wildman–Crippen MR) is 65.2 cm³/mol. The van der Waals surface area contributed by atoms with Gasteiger partial charge in [0.05, 0.1) is 29.8 Å². The van der Waals surface area contributed by atoms with Crippen LogP contribution in [-0.2, 0) is 6.54 Å². The quantitative estimate of drug-likeness (QED) is 0.897. The molecule has 0 saturated heterocycles. The molecule has 1 aromatic carbocycles. The van der Waals surface area contributed by atoms with Crippen LogP contribution < -0.4 is 5.32 Å². The molecule has 0 spiro atoms. The number of aryl methyl sites for hydroxylation is 1. The van der Waals surface area contributed by atoms with E-state index in [9.17, 15) is 4.39 Å². The summed E-state index contributed by atoms with van der Waals surface area (Å²) in [5.41, 5.74) is 2.04. The van der Waals surface area contributed by atoms with Crippen molar-refractivity contribution in [3.63, 3.8) is 0 Å². The molecule has 0 aliphatic heterocycles. The summed E-state index contributed by atoms with van der Waals surface area (Å²) in [6.45, 7) is 2.25. The zero-order chi connectivity index (χ0) is 13.0. The molecule has 0 unspecified atom stereocenters. The zero-order valence-electron chi connectivity index (χ0n) is 9.81. The van der Waals surface area contributed by atoms with Gasteiger partial charge in [0.15, 0.2) is 0 Å². The molecule has 2 rings (SSSR count). The third-order valence-electron chi connectivity index (χ3n) is 2.42. The highest BCUT2D eigenvalue weighted by Crippen LogP contribution is 2.18. The van der Waals surface area contributed by atoms with Crippen molar-refractivity contribution < 1.29 is 4.39 Å². The maximum Gasteiger partial charge on any atom is 0.143 e. The van der Waals surface area contributed by atoms with Crippen molar-refractivity contribution in [2.24, 2.45) is 0 Å². The van der Waals surface area contributed by atoms with Crippen LogP contribution in [0.2, 0.25) is 0 Å². The van der Waals surface area contributed by atoms with E-state index in [1.807, 2.05) is 13.0 Å². The third-order valence-corrected chi connectivity index (χ3v) is 2.42. The molecule has 18 heavy (non-hydrogen) atoms. The Balaban J connectivity index is 2.14. The molecule has 0 atom stereocenters. The zero-order valence-corrected chi connectivity index (χ0v) is 9.81. The van der Waals surface area contributed by atoms with Gasteiger partial charge in [-0.3, -0.25) is 9.97 Å². The largest absolute Gasteiger partial charge is 0.378 e. The van der Waals surface area contributed by atoms with E-state index < -0.39 is 5.82 Å². The molecule has 0 amide bonds. The van der Waals surface area contributed by atoms with Crippen molar-refractivity contribution in [2.75, 3.05) is 5.32 Å². The van der Waals surface area contributed by atoms with Crippen molar-refractivity contribution in [2.45, 2.75) is 13.5 Å². The minimum Gasteiger partial charge on any atom is -0.378 e. The van der Waals surface area contributed by atoms with Gasteiger partial charge in [-0.2, -0.15) is 5.26 Å². The molecule has 1 aromatic heterocycles. The van der Waals surface area contributed by atoms with E-state index >= 15 is 0 Å². The summed E-state index contributed by atoms with van der Waals surface area (Å²) in [6, 6.07) is 6.31. The van der Waals surface area contributed by atoms with E-state index in [-0.39, 0.29) is 5.56 Å². The Bertz CT molecular complexity index is 587. The van der Waals surface area contributed by atoms with Crippen LogP contribution in [0.4, 0.5) is 10.1 Å². The van der Waals surface area contributed by atoms with Crippen molar-refractivity contribution in [3.05, 3.63) is 53.4 Å². The minimum absolute atomic E-state index is 0.0116. The monoisotopic (exact) mass is 242 g/mol. The number of hydrogen-bond acceptors (Lipinski definition) is 4. The summed E-state index contributed by atoms with van der Waals surface area (Å²) in [4.78, 5) is 8.28. The summed E-state index contributed by atoms with van der Waals surface area (Å²) in [5.74, 6) is -0.530. The Hall–Kier alpha value is -2.48. The second-order valence-corrected chi connectivity index (χ2v) is 3.78. The summed E-state index contributed by atoms with van der Waals surface area (Å²) in [7, 11) is 0. The van der Waals surface area contributed by atoms with Crippen molar-refractivity contribution in [1.82, 2.24) is 9.97 Å². The summed E-state index contributed by atoms with van der Waals surface area (Å²) in [6.07, 6.45) is 3.31. The van der Waals surface area contributed by atoms with Gasteiger partial charge in [0.2, 0.25) is 0 Å². The van der Waals surface area contributed by atoms with Crippen molar-refractivity contribution >= 4 is 5.69 Å². The average molecular weight is 242 g/mol. The molecular weight excluding hydrogens is 231 g/mol. The lowest BCUT2D eigenvalue weighted by Gasteiger charge is -2.07. The van der Waals surface area contributed by atoms with Gasteiger partial charge in [0.1, 0.15) is 17.4 Å². The topological polar surface area (TPSA) is 61.6 Å². The minimum atomic E-state index is -0.530. The Labute approximate surface area is 104 Å². The van der Waals surface area contributed by atoms with Gasteiger partial charge in [-0.15, -0.1) is 0 Å². The number of nitrogens with zero attached hydrogens (tertiary/aromatic N) is 3. The lowest BCUT2D eigenvalue weighted by Crippen LogP contribution is -2.04. The molecule has 2 aromatic rings. The molecule has 0 fully saturated rings. The van der Waals surface area contributed by atoms with Crippen LogP contribution >= 0.6 is 0 Å². The molecule has 0 bridgehead atoms. The number of hydrogen-bond donors (Lipinski definition) is 1. The highest BCUT2D eigenvalue weighted by atomic mass is 19.1. The lowest BCUT2D eigenvalue weighted by molar-refractivity contribution is 0.624. The van der Waals surface area contributed by atoms with Gasteiger partial charge in [-0.25, -0.2) is 4.39 Å². The van der Waals surface area contributed by atoms with Gasteiger partial charge in [-0.05, 0) is 19.1 Å². The Kier molecular flexibility index (Phi) is 3.49. The SMILES string of the molecule is Cc1cnc(CNc2cccc(F)c2C#N)cn1. The van der Waals surface area contributed by atoms with E-state index in [2.05, 4.69) is 15.3 Å². The Morgan fingerprint density at radius 3 is 2.83 bits per heavy atom. The van der Waals surface area contributed by atoms with Gasteiger partial charge in [-0.1, -0.05) is 6.07 Å². The molecule has 0 aliphatic rings. The second-order valence-electron chi connectivity index (χ2n) is 3.78. The Morgan fingerprint density at radius 1 is 1.33 bits per heavy atom. The number of anilines is 1. The molecule has 0 aliphatic carbocycles. The summed E-state index contributed by atoms with van der Waals surface area (Å²) in [5, 5.41) is 11.9. The van der Waals surface area contributed by atoms with Crippen molar-refractivity contribution in [1.29, 1.82) is 5.26 Å². The van der Waals surface area contributed by atoms with Crippen LogP contribution in [0.5, 0.6) is 0 Å². The number of nitrogens with one attached hydrogen (secondary N) is 1. The first-order valence-corrected chi connectivity index (χ1v) is 5.40. The fourth-order valence-electron chi connectivity index (χ4n) is 1.48. The molecule has 0 radical (unpaired) electrons. The van der Waals surface area contributed by atoms with Crippen molar-refractivity contribution in [3.8, 4) is 6.07 Å². The maximum atomic E-state index is 13.3. The molecule has 90 valence electrons.